The molecule has 2 aliphatic rings. The molecule has 0 bridgehead atoms. The van der Waals surface area contributed by atoms with Crippen molar-refractivity contribution in [3.8, 4) is 40.1 Å². The fourth-order valence-electron chi connectivity index (χ4n) is 4.67. The smallest absolute Gasteiger partial charge is 0.239 e. The lowest BCUT2D eigenvalue weighted by Gasteiger charge is -2.43. The second-order valence-corrected chi connectivity index (χ2v) is 9.79. The standard InChI is InChI=1S/C26H28O15/c1-8-17(32)19(34)20(35)26(38-8)40-23-14(31)7-37-25(21(23)36)41-24-18(33)16-13(30)5-10(27)6-15(16)39-22(24)9-2-3-11(28)12(29)4-9/h2-6,8,14,17,19-21,23,25-32,34-36H,7H2,1H3/t8-,14+,17-,19+,20+,21-,23+,25+,26-/m0/s1. The number of rotatable bonds is 5. The van der Waals surface area contributed by atoms with Crippen LogP contribution in [0.3, 0.4) is 0 Å². The summed E-state index contributed by atoms with van der Waals surface area (Å²) in [4.78, 5) is 13.5. The van der Waals surface area contributed by atoms with E-state index in [9.17, 15) is 50.8 Å². The van der Waals surface area contributed by atoms with Gasteiger partial charge in [0.2, 0.25) is 17.5 Å². The summed E-state index contributed by atoms with van der Waals surface area (Å²) >= 11 is 0. The Morgan fingerprint density at radius 1 is 0.829 bits per heavy atom. The molecule has 9 atom stereocenters. The van der Waals surface area contributed by atoms with Crippen LogP contribution in [0.15, 0.2) is 39.5 Å². The third kappa shape index (κ3) is 5.25. The normalized spacial score (nSPS) is 32.2. The van der Waals surface area contributed by atoms with Crippen LogP contribution in [0.5, 0.6) is 28.7 Å². The minimum atomic E-state index is -1.85. The molecule has 1 aromatic heterocycles. The van der Waals surface area contributed by atoms with Crippen molar-refractivity contribution in [2.24, 2.45) is 0 Å². The topological polar surface area (TPSA) is 249 Å². The Balaban J connectivity index is 1.51. The maximum atomic E-state index is 13.5. The van der Waals surface area contributed by atoms with Crippen molar-refractivity contribution in [3.05, 3.63) is 40.6 Å². The molecule has 9 N–H and O–H groups in total. The predicted molar refractivity (Wildman–Crippen MR) is 134 cm³/mol. The zero-order valence-electron chi connectivity index (χ0n) is 21.3. The van der Waals surface area contributed by atoms with Crippen LogP contribution in [0.1, 0.15) is 6.92 Å². The van der Waals surface area contributed by atoms with Gasteiger partial charge in [-0.15, -0.1) is 0 Å². The van der Waals surface area contributed by atoms with Gasteiger partial charge in [-0.25, -0.2) is 0 Å². The quantitative estimate of drug-likeness (QED) is 0.163. The summed E-state index contributed by atoms with van der Waals surface area (Å²) in [7, 11) is 0. The Hall–Kier alpha value is -3.67. The van der Waals surface area contributed by atoms with Crippen LogP contribution >= 0.6 is 0 Å². The molecule has 0 amide bonds. The molecule has 0 spiro atoms. The van der Waals surface area contributed by atoms with E-state index in [1.54, 1.807) is 0 Å². The zero-order valence-corrected chi connectivity index (χ0v) is 21.3. The summed E-state index contributed by atoms with van der Waals surface area (Å²) in [5.41, 5.74) is -1.22. The van der Waals surface area contributed by atoms with Gasteiger partial charge in [0.1, 0.15) is 59.1 Å². The average molecular weight is 580 g/mol. The third-order valence-corrected chi connectivity index (χ3v) is 6.91. The number of fused-ring (bicyclic) bond motifs is 1. The van der Waals surface area contributed by atoms with Crippen LogP contribution in [0, 0.1) is 0 Å². The molecule has 0 radical (unpaired) electrons. The summed E-state index contributed by atoms with van der Waals surface area (Å²) in [6.45, 7) is 0.916. The maximum Gasteiger partial charge on any atom is 0.239 e. The van der Waals surface area contributed by atoms with E-state index in [-0.39, 0.29) is 16.9 Å². The van der Waals surface area contributed by atoms with Gasteiger partial charge in [-0.05, 0) is 25.1 Å². The van der Waals surface area contributed by atoms with E-state index >= 15 is 0 Å². The van der Waals surface area contributed by atoms with Gasteiger partial charge in [0, 0.05) is 17.7 Å². The zero-order chi connectivity index (χ0) is 29.7. The number of aliphatic hydroxyl groups excluding tert-OH is 5. The van der Waals surface area contributed by atoms with E-state index in [2.05, 4.69) is 0 Å². The van der Waals surface area contributed by atoms with Crippen molar-refractivity contribution in [1.29, 1.82) is 0 Å². The van der Waals surface area contributed by atoms with E-state index in [0.717, 1.165) is 24.3 Å². The predicted octanol–water partition coefficient (Wildman–Crippen LogP) is -1.05. The number of phenolic OH excluding ortho intramolecular Hbond substituents is 4. The fourth-order valence-corrected chi connectivity index (χ4v) is 4.67. The number of benzene rings is 2. The molecule has 0 unspecified atom stereocenters. The number of phenols is 4. The molecule has 0 saturated carbocycles. The van der Waals surface area contributed by atoms with E-state index in [1.807, 2.05) is 0 Å². The summed E-state index contributed by atoms with van der Waals surface area (Å²) in [6, 6.07) is 5.37. The number of aliphatic hydroxyl groups is 5. The molecular weight excluding hydrogens is 552 g/mol. The lowest BCUT2D eigenvalue weighted by Crippen LogP contribution is -2.62. The van der Waals surface area contributed by atoms with Crippen LogP contribution in [0.2, 0.25) is 0 Å². The Morgan fingerprint density at radius 2 is 1.56 bits per heavy atom. The third-order valence-electron chi connectivity index (χ3n) is 6.91. The van der Waals surface area contributed by atoms with E-state index in [0.29, 0.717) is 0 Å². The molecule has 15 heteroatoms. The Morgan fingerprint density at radius 3 is 2.27 bits per heavy atom. The second kappa shape index (κ2) is 11.0. The highest BCUT2D eigenvalue weighted by atomic mass is 16.7. The Labute approximate surface area is 230 Å². The van der Waals surface area contributed by atoms with Crippen molar-refractivity contribution in [2.45, 2.75) is 62.2 Å². The number of hydrogen-bond acceptors (Lipinski definition) is 15. The molecule has 5 rings (SSSR count). The molecular formula is C26H28O15. The van der Waals surface area contributed by atoms with Gasteiger partial charge in [-0.2, -0.15) is 0 Å². The van der Waals surface area contributed by atoms with Gasteiger partial charge in [0.25, 0.3) is 0 Å². The Bertz CT molecular complexity index is 1490. The molecule has 222 valence electrons. The van der Waals surface area contributed by atoms with Crippen molar-refractivity contribution < 1.29 is 69.3 Å². The van der Waals surface area contributed by atoms with Crippen molar-refractivity contribution in [3.63, 3.8) is 0 Å². The first kappa shape index (κ1) is 28.8. The first-order valence-electron chi connectivity index (χ1n) is 12.4. The van der Waals surface area contributed by atoms with Crippen LogP contribution in [0.25, 0.3) is 22.3 Å². The van der Waals surface area contributed by atoms with Crippen LogP contribution in [-0.4, -0.2) is 108 Å². The highest BCUT2D eigenvalue weighted by Gasteiger charge is 2.48. The minimum absolute atomic E-state index is 0.00975. The number of ether oxygens (including phenoxy) is 4. The SMILES string of the molecule is C[C@@H]1O[C@@H](O[C@H]2[C@H](O)[C@@H](Oc3c(-c4ccc(O)c(O)c4)oc4cc(O)cc(O)c4c3=O)OC[C@H]2O)[C@H](O)[C@H](O)[C@H]1O. The summed E-state index contributed by atoms with van der Waals surface area (Å²) in [5.74, 6) is -3.10. The largest absolute Gasteiger partial charge is 0.508 e. The minimum Gasteiger partial charge on any atom is -0.508 e. The second-order valence-electron chi connectivity index (χ2n) is 9.79. The summed E-state index contributed by atoms with van der Waals surface area (Å²) in [6.07, 6.45) is -14.0. The molecule has 2 saturated heterocycles. The molecule has 0 aliphatic carbocycles. The summed E-state index contributed by atoms with van der Waals surface area (Å²) < 4.78 is 27.8. The molecule has 2 aromatic carbocycles. The summed E-state index contributed by atoms with van der Waals surface area (Å²) in [5, 5.41) is 91.4. The first-order valence-corrected chi connectivity index (χ1v) is 12.4. The van der Waals surface area contributed by atoms with E-state index in [1.165, 1.54) is 13.0 Å². The molecule has 3 aromatic rings. The number of aromatic hydroxyl groups is 4. The van der Waals surface area contributed by atoms with Crippen LogP contribution in [0.4, 0.5) is 0 Å². The highest BCUT2D eigenvalue weighted by molar-refractivity contribution is 5.88. The molecule has 3 heterocycles. The highest BCUT2D eigenvalue weighted by Crippen LogP contribution is 2.39. The number of hydrogen-bond donors (Lipinski definition) is 9. The first-order chi connectivity index (χ1) is 19.4. The van der Waals surface area contributed by atoms with Crippen molar-refractivity contribution in [1.82, 2.24) is 0 Å². The van der Waals surface area contributed by atoms with Crippen molar-refractivity contribution >= 4 is 11.0 Å². The molecule has 2 fully saturated rings. The fraction of sp³-hybridized carbons (Fsp3) is 0.423. The monoisotopic (exact) mass is 580 g/mol. The van der Waals surface area contributed by atoms with Crippen LogP contribution < -0.4 is 10.2 Å². The molecule has 41 heavy (non-hydrogen) atoms. The van der Waals surface area contributed by atoms with Crippen LogP contribution in [-0.2, 0) is 14.2 Å². The average Bonchev–Trinajstić information content (AvgIpc) is 2.92. The van der Waals surface area contributed by atoms with Gasteiger partial charge in [0.05, 0.1) is 12.7 Å². The van der Waals surface area contributed by atoms with Gasteiger partial charge >= 0.3 is 0 Å². The van der Waals surface area contributed by atoms with Gasteiger partial charge in [0.15, 0.2) is 23.5 Å². The lowest BCUT2D eigenvalue weighted by molar-refractivity contribution is -0.338. The van der Waals surface area contributed by atoms with E-state index in [4.69, 9.17) is 23.4 Å². The Kier molecular flexibility index (Phi) is 7.71. The van der Waals surface area contributed by atoms with Gasteiger partial charge in [-0.3, -0.25) is 4.79 Å². The maximum absolute atomic E-state index is 13.5. The molecule has 2 aliphatic heterocycles. The lowest BCUT2D eigenvalue weighted by atomic mass is 9.99. The van der Waals surface area contributed by atoms with Gasteiger partial charge in [-0.1, -0.05) is 0 Å². The van der Waals surface area contributed by atoms with Crippen molar-refractivity contribution in [2.75, 3.05) is 6.61 Å². The molecule has 15 nitrogen and oxygen atoms in total. The van der Waals surface area contributed by atoms with E-state index < -0.39 is 101 Å². The van der Waals surface area contributed by atoms with Gasteiger partial charge < -0.3 is 69.3 Å².